The van der Waals surface area contributed by atoms with Crippen LogP contribution in [0.15, 0.2) is 16.5 Å². The Morgan fingerprint density at radius 3 is 2.57 bits per heavy atom. The molecule has 0 aliphatic carbocycles. The summed E-state index contributed by atoms with van der Waals surface area (Å²) in [5, 5.41) is 10.0. The van der Waals surface area contributed by atoms with Crippen molar-refractivity contribution >= 4 is 22.8 Å². The Hall–Kier alpha value is -2.34. The largest absolute Gasteiger partial charge is 0.479 e. The fourth-order valence-electron chi connectivity index (χ4n) is 3.01. The monoisotopic (exact) mass is 317 g/mol. The Morgan fingerprint density at radius 1 is 1.22 bits per heavy atom. The number of rotatable bonds is 2. The van der Waals surface area contributed by atoms with Crippen LogP contribution in [0, 0.1) is 20.8 Å². The summed E-state index contributed by atoms with van der Waals surface area (Å²) in [7, 11) is 0. The van der Waals surface area contributed by atoms with E-state index in [4.69, 9.17) is 14.3 Å². The second-order valence-electron chi connectivity index (χ2n) is 5.91. The normalized spacial score (nSPS) is 18.4. The van der Waals surface area contributed by atoms with Gasteiger partial charge in [0.05, 0.1) is 13.2 Å². The molecule has 1 aromatic heterocycles. The smallest absolute Gasteiger partial charge is 0.334 e. The first-order valence-corrected chi connectivity index (χ1v) is 7.53. The molecule has 122 valence electrons. The van der Waals surface area contributed by atoms with Crippen LogP contribution in [0.1, 0.15) is 27.2 Å². The predicted octanol–water partition coefficient (Wildman–Crippen LogP) is 2.28. The zero-order chi connectivity index (χ0) is 16.7. The van der Waals surface area contributed by atoms with E-state index in [-0.39, 0.29) is 24.8 Å². The van der Waals surface area contributed by atoms with Gasteiger partial charge in [-0.1, -0.05) is 12.1 Å². The van der Waals surface area contributed by atoms with Crippen LogP contribution >= 0.6 is 0 Å². The first-order valence-electron chi connectivity index (χ1n) is 7.53. The van der Waals surface area contributed by atoms with Crippen LogP contribution in [0.2, 0.25) is 0 Å². The summed E-state index contributed by atoms with van der Waals surface area (Å²) in [6.07, 6.45) is -0.985. The van der Waals surface area contributed by atoms with Crippen molar-refractivity contribution in [3.63, 3.8) is 0 Å². The van der Waals surface area contributed by atoms with Gasteiger partial charge < -0.3 is 19.2 Å². The third kappa shape index (κ3) is 2.59. The van der Waals surface area contributed by atoms with E-state index in [1.165, 1.54) is 4.90 Å². The average Bonchev–Trinajstić information content (AvgIpc) is 2.89. The minimum atomic E-state index is -1.06. The topological polar surface area (TPSA) is 80.0 Å². The minimum Gasteiger partial charge on any atom is -0.479 e. The van der Waals surface area contributed by atoms with Gasteiger partial charge in [-0.3, -0.25) is 4.79 Å². The number of carboxylic acid groups (broad SMARTS) is 1. The Balaban J connectivity index is 1.98. The van der Waals surface area contributed by atoms with Gasteiger partial charge in [0.1, 0.15) is 5.58 Å². The third-order valence-corrected chi connectivity index (χ3v) is 4.31. The lowest BCUT2D eigenvalue weighted by atomic mass is 10.0. The molecule has 1 atom stereocenters. The van der Waals surface area contributed by atoms with Gasteiger partial charge in [0, 0.05) is 17.5 Å². The standard InChI is InChI=1S/C17H19NO5/c1-9-4-5-10(2)14-13(9)11(3)15(23-14)16(19)18-6-7-22-12(8-18)17(20)21/h4-5,12H,6-8H2,1-3H3,(H,20,21)/t12-/m0/s1. The molecule has 0 spiro atoms. The van der Waals surface area contributed by atoms with Gasteiger partial charge in [-0.05, 0) is 31.9 Å². The molecular weight excluding hydrogens is 298 g/mol. The number of ether oxygens (including phenoxy) is 1. The first-order chi connectivity index (χ1) is 10.9. The Bertz CT molecular complexity index is 792. The highest BCUT2D eigenvalue weighted by molar-refractivity contribution is 6.00. The molecule has 3 rings (SSSR count). The highest BCUT2D eigenvalue weighted by atomic mass is 16.5. The van der Waals surface area contributed by atoms with Crippen molar-refractivity contribution in [2.45, 2.75) is 26.9 Å². The fraction of sp³-hybridized carbons (Fsp3) is 0.412. The molecule has 6 heteroatoms. The van der Waals surface area contributed by atoms with Crippen LogP contribution in [-0.4, -0.2) is 47.7 Å². The van der Waals surface area contributed by atoms with Crippen molar-refractivity contribution < 1.29 is 23.8 Å². The van der Waals surface area contributed by atoms with Crippen molar-refractivity contribution in [3.05, 3.63) is 34.6 Å². The zero-order valence-electron chi connectivity index (χ0n) is 13.4. The molecule has 23 heavy (non-hydrogen) atoms. The fourth-order valence-corrected chi connectivity index (χ4v) is 3.01. The molecule has 1 aliphatic heterocycles. The lowest BCUT2D eigenvalue weighted by molar-refractivity contribution is -0.154. The number of hydrogen-bond acceptors (Lipinski definition) is 4. The summed E-state index contributed by atoms with van der Waals surface area (Å²) in [4.78, 5) is 25.3. The van der Waals surface area contributed by atoms with Crippen molar-refractivity contribution in [1.82, 2.24) is 4.90 Å². The van der Waals surface area contributed by atoms with Gasteiger partial charge in [-0.2, -0.15) is 0 Å². The summed E-state index contributed by atoms with van der Waals surface area (Å²) in [5.41, 5.74) is 3.54. The number of amides is 1. The summed E-state index contributed by atoms with van der Waals surface area (Å²) in [6.45, 7) is 6.38. The molecule has 1 N–H and O–H groups in total. The van der Waals surface area contributed by atoms with E-state index < -0.39 is 12.1 Å². The van der Waals surface area contributed by atoms with Crippen LogP contribution in [-0.2, 0) is 9.53 Å². The molecular formula is C17H19NO5. The number of morpholine rings is 1. The number of aryl methyl sites for hydroxylation is 3. The highest BCUT2D eigenvalue weighted by Gasteiger charge is 2.32. The summed E-state index contributed by atoms with van der Waals surface area (Å²) < 4.78 is 11.0. The SMILES string of the molecule is Cc1ccc(C)c2c(C)c(C(=O)N3CCO[C@H](C(=O)O)C3)oc12. The maximum atomic E-state index is 12.8. The number of benzene rings is 1. The number of carbonyl (C=O) groups excluding carboxylic acids is 1. The molecule has 2 aromatic rings. The van der Waals surface area contributed by atoms with E-state index in [1.807, 2.05) is 32.9 Å². The second-order valence-corrected chi connectivity index (χ2v) is 5.91. The molecule has 6 nitrogen and oxygen atoms in total. The zero-order valence-corrected chi connectivity index (χ0v) is 13.4. The predicted molar refractivity (Wildman–Crippen MR) is 83.7 cm³/mol. The van der Waals surface area contributed by atoms with Crippen molar-refractivity contribution in [2.24, 2.45) is 0 Å². The number of nitrogens with zero attached hydrogens (tertiary/aromatic N) is 1. The number of hydrogen-bond donors (Lipinski definition) is 1. The molecule has 0 unspecified atom stereocenters. The van der Waals surface area contributed by atoms with Crippen molar-refractivity contribution in [3.8, 4) is 0 Å². The summed E-state index contributed by atoms with van der Waals surface area (Å²) >= 11 is 0. The van der Waals surface area contributed by atoms with E-state index in [0.29, 0.717) is 12.1 Å². The van der Waals surface area contributed by atoms with Gasteiger partial charge in [-0.15, -0.1) is 0 Å². The van der Waals surface area contributed by atoms with E-state index >= 15 is 0 Å². The van der Waals surface area contributed by atoms with Crippen LogP contribution < -0.4 is 0 Å². The van der Waals surface area contributed by atoms with Gasteiger partial charge in [0.2, 0.25) is 0 Å². The lowest BCUT2D eigenvalue weighted by Gasteiger charge is -2.30. The van der Waals surface area contributed by atoms with E-state index in [1.54, 1.807) is 0 Å². The van der Waals surface area contributed by atoms with E-state index in [2.05, 4.69) is 0 Å². The average molecular weight is 317 g/mol. The van der Waals surface area contributed by atoms with Gasteiger partial charge >= 0.3 is 5.97 Å². The minimum absolute atomic E-state index is 0.0304. The number of aliphatic carboxylic acids is 1. The first kappa shape index (κ1) is 15.6. The van der Waals surface area contributed by atoms with E-state index in [0.717, 1.165) is 22.1 Å². The number of carboxylic acids is 1. The Morgan fingerprint density at radius 2 is 1.91 bits per heavy atom. The molecule has 0 saturated carbocycles. The maximum Gasteiger partial charge on any atom is 0.334 e. The number of furan rings is 1. The second kappa shape index (κ2) is 5.70. The van der Waals surface area contributed by atoms with Gasteiger partial charge in [-0.25, -0.2) is 4.79 Å². The third-order valence-electron chi connectivity index (χ3n) is 4.31. The van der Waals surface area contributed by atoms with Crippen molar-refractivity contribution in [1.29, 1.82) is 0 Å². The van der Waals surface area contributed by atoms with Gasteiger partial charge in [0.25, 0.3) is 5.91 Å². The summed E-state index contributed by atoms with van der Waals surface area (Å²) in [6, 6.07) is 3.97. The van der Waals surface area contributed by atoms with Crippen molar-refractivity contribution in [2.75, 3.05) is 19.7 Å². The quantitative estimate of drug-likeness (QED) is 0.919. The van der Waals surface area contributed by atoms with Gasteiger partial charge in [0.15, 0.2) is 11.9 Å². The molecule has 1 aromatic carbocycles. The molecule has 2 heterocycles. The van der Waals surface area contributed by atoms with Crippen LogP contribution in [0.4, 0.5) is 0 Å². The Kier molecular flexibility index (Phi) is 3.85. The van der Waals surface area contributed by atoms with E-state index in [9.17, 15) is 9.59 Å². The molecule has 1 aliphatic rings. The van der Waals surface area contributed by atoms with Crippen LogP contribution in [0.25, 0.3) is 11.0 Å². The molecule has 1 saturated heterocycles. The van der Waals surface area contributed by atoms with Crippen LogP contribution in [0.5, 0.6) is 0 Å². The molecule has 0 radical (unpaired) electrons. The molecule has 1 amide bonds. The number of fused-ring (bicyclic) bond motifs is 1. The lowest BCUT2D eigenvalue weighted by Crippen LogP contribution is -2.48. The van der Waals surface area contributed by atoms with Crippen LogP contribution in [0.3, 0.4) is 0 Å². The summed E-state index contributed by atoms with van der Waals surface area (Å²) in [5.74, 6) is -1.06. The highest BCUT2D eigenvalue weighted by Crippen LogP contribution is 2.31. The molecule has 1 fully saturated rings. The number of carbonyl (C=O) groups is 2. The Labute approximate surface area is 133 Å². The molecule has 0 bridgehead atoms. The maximum absolute atomic E-state index is 12.8.